The van der Waals surface area contributed by atoms with Gasteiger partial charge in [-0.15, -0.1) is 0 Å². The Bertz CT molecular complexity index is 431. The Morgan fingerprint density at radius 3 is 2.89 bits per heavy atom. The van der Waals surface area contributed by atoms with Gasteiger partial charge >= 0.3 is 5.97 Å². The van der Waals surface area contributed by atoms with Crippen molar-refractivity contribution in [2.75, 3.05) is 11.9 Å². The normalized spacial score (nSPS) is 22.8. The summed E-state index contributed by atoms with van der Waals surface area (Å²) in [5.41, 5.74) is 1.54. The minimum absolute atomic E-state index is 0.241. The quantitative estimate of drug-likeness (QED) is 0.836. The van der Waals surface area contributed by atoms with Crippen molar-refractivity contribution in [1.82, 2.24) is 0 Å². The first-order valence-electron chi connectivity index (χ1n) is 7.23. The molecule has 1 aliphatic rings. The van der Waals surface area contributed by atoms with Crippen molar-refractivity contribution in [1.29, 1.82) is 0 Å². The number of esters is 1. The second-order valence-electron chi connectivity index (χ2n) is 5.38. The number of carbonyl (C=O) groups excluding carboxylic acids is 1. The summed E-state index contributed by atoms with van der Waals surface area (Å²) in [7, 11) is 0. The van der Waals surface area contributed by atoms with E-state index in [1.807, 2.05) is 31.2 Å². The zero-order valence-corrected chi connectivity index (χ0v) is 11.8. The van der Waals surface area contributed by atoms with Crippen LogP contribution >= 0.6 is 0 Å². The molecule has 0 saturated heterocycles. The standard InChI is InChI=1S/C16H23NO2/c1-3-19-16(18)14-9-4-5-10-15(14)17-13-8-6-7-12(2)11-13/h4-5,9-10,12-13,17H,3,6-8,11H2,1-2H3. The molecule has 3 heteroatoms. The Morgan fingerprint density at radius 2 is 2.16 bits per heavy atom. The third kappa shape index (κ3) is 3.72. The summed E-state index contributed by atoms with van der Waals surface area (Å²) in [6, 6.07) is 8.09. The molecule has 1 aromatic carbocycles. The van der Waals surface area contributed by atoms with Gasteiger partial charge in [0, 0.05) is 11.7 Å². The number of para-hydroxylation sites is 1. The van der Waals surface area contributed by atoms with Crippen LogP contribution in [0.4, 0.5) is 5.69 Å². The molecule has 0 radical (unpaired) electrons. The van der Waals surface area contributed by atoms with Gasteiger partial charge in [-0.05, 0) is 37.8 Å². The highest BCUT2D eigenvalue weighted by atomic mass is 16.5. The van der Waals surface area contributed by atoms with Crippen molar-refractivity contribution in [2.24, 2.45) is 5.92 Å². The summed E-state index contributed by atoms with van der Waals surface area (Å²) >= 11 is 0. The monoisotopic (exact) mass is 261 g/mol. The van der Waals surface area contributed by atoms with Crippen molar-refractivity contribution in [3.63, 3.8) is 0 Å². The highest BCUT2D eigenvalue weighted by molar-refractivity contribution is 5.95. The van der Waals surface area contributed by atoms with Crippen LogP contribution in [0, 0.1) is 5.92 Å². The fraction of sp³-hybridized carbons (Fsp3) is 0.562. The molecule has 0 spiro atoms. The summed E-state index contributed by atoms with van der Waals surface area (Å²) in [4.78, 5) is 11.9. The van der Waals surface area contributed by atoms with Crippen LogP contribution in [0.25, 0.3) is 0 Å². The van der Waals surface area contributed by atoms with Gasteiger partial charge in [0.2, 0.25) is 0 Å². The van der Waals surface area contributed by atoms with E-state index in [-0.39, 0.29) is 5.97 Å². The van der Waals surface area contributed by atoms with Gasteiger partial charge in [0.15, 0.2) is 0 Å². The molecule has 2 rings (SSSR count). The Kier molecular flexibility index (Phi) is 4.83. The van der Waals surface area contributed by atoms with E-state index in [1.54, 1.807) is 0 Å². The van der Waals surface area contributed by atoms with Crippen LogP contribution in [-0.4, -0.2) is 18.6 Å². The van der Waals surface area contributed by atoms with E-state index in [4.69, 9.17) is 4.74 Å². The number of rotatable bonds is 4. The van der Waals surface area contributed by atoms with E-state index >= 15 is 0 Å². The number of benzene rings is 1. The van der Waals surface area contributed by atoms with Crippen LogP contribution in [0.2, 0.25) is 0 Å². The number of nitrogens with one attached hydrogen (secondary N) is 1. The largest absolute Gasteiger partial charge is 0.462 e. The summed E-state index contributed by atoms with van der Waals surface area (Å²) in [6.07, 6.45) is 4.94. The molecule has 0 heterocycles. The molecule has 0 aromatic heterocycles. The minimum Gasteiger partial charge on any atom is -0.462 e. The molecular weight excluding hydrogens is 238 g/mol. The van der Waals surface area contributed by atoms with E-state index in [0.717, 1.165) is 11.6 Å². The number of hydrogen-bond donors (Lipinski definition) is 1. The fourth-order valence-corrected chi connectivity index (χ4v) is 2.78. The Labute approximate surface area is 115 Å². The second-order valence-corrected chi connectivity index (χ2v) is 5.38. The molecule has 2 atom stereocenters. The van der Waals surface area contributed by atoms with Crippen molar-refractivity contribution >= 4 is 11.7 Å². The molecule has 2 unspecified atom stereocenters. The van der Waals surface area contributed by atoms with Gasteiger partial charge in [0.05, 0.1) is 12.2 Å². The Balaban J connectivity index is 2.09. The molecular formula is C16H23NO2. The zero-order chi connectivity index (χ0) is 13.7. The van der Waals surface area contributed by atoms with Crippen LogP contribution in [0.3, 0.4) is 0 Å². The summed E-state index contributed by atoms with van der Waals surface area (Å²) < 4.78 is 5.10. The van der Waals surface area contributed by atoms with Crippen molar-refractivity contribution in [3.8, 4) is 0 Å². The zero-order valence-electron chi connectivity index (χ0n) is 11.8. The SMILES string of the molecule is CCOC(=O)c1ccccc1NC1CCCC(C)C1. The van der Waals surface area contributed by atoms with Crippen molar-refractivity contribution in [2.45, 2.75) is 45.6 Å². The highest BCUT2D eigenvalue weighted by Crippen LogP contribution is 2.27. The lowest BCUT2D eigenvalue weighted by molar-refractivity contribution is 0.0527. The number of ether oxygens (including phenoxy) is 1. The average molecular weight is 261 g/mol. The first-order valence-corrected chi connectivity index (χ1v) is 7.23. The van der Waals surface area contributed by atoms with Crippen LogP contribution in [0.5, 0.6) is 0 Å². The first kappa shape index (κ1) is 13.9. The predicted octanol–water partition coefficient (Wildman–Crippen LogP) is 3.85. The third-order valence-electron chi connectivity index (χ3n) is 3.72. The molecule has 0 amide bonds. The van der Waals surface area contributed by atoms with E-state index in [2.05, 4.69) is 12.2 Å². The first-order chi connectivity index (χ1) is 9.20. The van der Waals surface area contributed by atoms with E-state index in [0.29, 0.717) is 18.2 Å². The Hall–Kier alpha value is -1.51. The lowest BCUT2D eigenvalue weighted by Gasteiger charge is -2.28. The maximum Gasteiger partial charge on any atom is 0.340 e. The number of hydrogen-bond acceptors (Lipinski definition) is 3. The van der Waals surface area contributed by atoms with Gasteiger partial charge in [-0.1, -0.05) is 31.9 Å². The summed E-state index contributed by atoms with van der Waals surface area (Å²) in [5.74, 6) is 0.524. The smallest absolute Gasteiger partial charge is 0.340 e. The van der Waals surface area contributed by atoms with E-state index in [1.165, 1.54) is 25.7 Å². The van der Waals surface area contributed by atoms with Crippen molar-refractivity contribution < 1.29 is 9.53 Å². The topological polar surface area (TPSA) is 38.3 Å². The number of carbonyl (C=O) groups is 1. The molecule has 0 bridgehead atoms. The molecule has 1 N–H and O–H groups in total. The van der Waals surface area contributed by atoms with Gasteiger partial charge in [0.25, 0.3) is 0 Å². The second kappa shape index (κ2) is 6.60. The summed E-state index contributed by atoms with van der Waals surface area (Å²) in [6.45, 7) is 4.54. The van der Waals surface area contributed by atoms with E-state index in [9.17, 15) is 4.79 Å². The van der Waals surface area contributed by atoms with E-state index < -0.39 is 0 Å². The van der Waals surface area contributed by atoms with Gasteiger partial charge in [0.1, 0.15) is 0 Å². The fourth-order valence-electron chi connectivity index (χ4n) is 2.78. The molecule has 1 aromatic rings. The lowest BCUT2D eigenvalue weighted by Crippen LogP contribution is -2.27. The maximum absolute atomic E-state index is 11.9. The van der Waals surface area contributed by atoms with Crippen LogP contribution < -0.4 is 5.32 Å². The minimum atomic E-state index is -0.241. The maximum atomic E-state index is 11.9. The lowest BCUT2D eigenvalue weighted by atomic mass is 9.87. The van der Waals surface area contributed by atoms with Crippen molar-refractivity contribution in [3.05, 3.63) is 29.8 Å². The number of anilines is 1. The third-order valence-corrected chi connectivity index (χ3v) is 3.72. The molecule has 104 valence electrons. The van der Waals surface area contributed by atoms with Gasteiger partial charge in [-0.2, -0.15) is 0 Å². The van der Waals surface area contributed by atoms with Crippen LogP contribution in [-0.2, 0) is 4.74 Å². The molecule has 3 nitrogen and oxygen atoms in total. The predicted molar refractivity (Wildman–Crippen MR) is 77.4 cm³/mol. The Morgan fingerprint density at radius 1 is 1.37 bits per heavy atom. The summed E-state index contributed by atoms with van der Waals surface area (Å²) in [5, 5.41) is 3.52. The van der Waals surface area contributed by atoms with Gasteiger partial charge in [-0.25, -0.2) is 4.79 Å². The van der Waals surface area contributed by atoms with Crippen LogP contribution in [0.1, 0.15) is 49.9 Å². The van der Waals surface area contributed by atoms with Gasteiger partial charge < -0.3 is 10.1 Å². The average Bonchev–Trinajstić information content (AvgIpc) is 2.39. The molecule has 1 fully saturated rings. The van der Waals surface area contributed by atoms with Crippen LogP contribution in [0.15, 0.2) is 24.3 Å². The molecule has 19 heavy (non-hydrogen) atoms. The van der Waals surface area contributed by atoms with Gasteiger partial charge in [-0.3, -0.25) is 0 Å². The molecule has 0 aliphatic heterocycles. The highest BCUT2D eigenvalue weighted by Gasteiger charge is 2.20. The molecule has 1 saturated carbocycles. The molecule has 1 aliphatic carbocycles.